The van der Waals surface area contributed by atoms with E-state index in [1.54, 1.807) is 28.9 Å². The number of hydrogen-bond donors (Lipinski definition) is 0. The normalized spacial score (nSPS) is 17.9. The number of anilines is 1. The molecular weight excluding hydrogens is 364 g/mol. The van der Waals surface area contributed by atoms with Crippen LogP contribution in [0.25, 0.3) is 0 Å². The molecule has 1 atom stereocenters. The number of aromatic nitrogens is 2. The number of aryl methyl sites for hydroxylation is 1. The number of hydrogen-bond acceptors (Lipinski definition) is 6. The second-order valence-corrected chi connectivity index (χ2v) is 7.04. The summed E-state index contributed by atoms with van der Waals surface area (Å²) in [6.07, 6.45) is 0. The van der Waals surface area contributed by atoms with Crippen molar-refractivity contribution in [2.24, 2.45) is 0 Å². The average Bonchev–Trinajstić information content (AvgIpc) is 3.00. The lowest BCUT2D eigenvalue weighted by molar-refractivity contribution is -0.137. The predicted molar refractivity (Wildman–Crippen MR) is 94.7 cm³/mol. The smallest absolute Gasteiger partial charge is 0.277 e. The quantitative estimate of drug-likeness (QED) is 0.758. The first kappa shape index (κ1) is 17.8. The van der Waals surface area contributed by atoms with Gasteiger partial charge < -0.3 is 14.2 Å². The fourth-order valence-electron chi connectivity index (χ4n) is 2.63. The Balaban J connectivity index is 1.64. The maximum atomic E-state index is 12.5. The van der Waals surface area contributed by atoms with Crippen molar-refractivity contribution >= 4 is 40.9 Å². The molecule has 132 valence electrons. The molecule has 2 amide bonds. The first-order valence-electron chi connectivity index (χ1n) is 7.73. The van der Waals surface area contributed by atoms with Crippen molar-refractivity contribution in [2.75, 3.05) is 23.7 Å². The summed E-state index contributed by atoms with van der Waals surface area (Å²) in [5.41, 5.74) is 0.670. The second kappa shape index (κ2) is 7.45. The van der Waals surface area contributed by atoms with Crippen LogP contribution < -0.4 is 4.90 Å². The third kappa shape index (κ3) is 3.96. The van der Waals surface area contributed by atoms with E-state index in [9.17, 15) is 9.59 Å². The van der Waals surface area contributed by atoms with Crippen molar-refractivity contribution in [3.63, 3.8) is 0 Å². The van der Waals surface area contributed by atoms with Crippen molar-refractivity contribution in [1.82, 2.24) is 15.1 Å². The molecule has 9 heteroatoms. The highest BCUT2D eigenvalue weighted by molar-refractivity contribution is 7.99. The summed E-state index contributed by atoms with van der Waals surface area (Å²) in [6, 6.07) is 7.08. The highest BCUT2D eigenvalue weighted by Gasteiger charge is 2.33. The first-order valence-corrected chi connectivity index (χ1v) is 9.09. The molecule has 0 bridgehead atoms. The van der Waals surface area contributed by atoms with Gasteiger partial charge in [-0.1, -0.05) is 35.5 Å². The number of rotatable bonds is 4. The van der Waals surface area contributed by atoms with Gasteiger partial charge >= 0.3 is 0 Å². The molecule has 7 nitrogen and oxygen atoms in total. The number of benzene rings is 1. The third-order valence-electron chi connectivity index (χ3n) is 3.88. The Hall–Kier alpha value is -2.06. The Bertz CT molecular complexity index is 797. The van der Waals surface area contributed by atoms with Crippen LogP contribution in [0.5, 0.6) is 0 Å². The molecule has 1 aromatic carbocycles. The molecule has 25 heavy (non-hydrogen) atoms. The lowest BCUT2D eigenvalue weighted by atomic mass is 10.1. The monoisotopic (exact) mass is 380 g/mol. The van der Waals surface area contributed by atoms with Crippen LogP contribution in [0, 0.1) is 6.92 Å². The summed E-state index contributed by atoms with van der Waals surface area (Å²) in [5.74, 6) is 0.302. The summed E-state index contributed by atoms with van der Waals surface area (Å²) in [4.78, 5) is 28.2. The van der Waals surface area contributed by atoms with E-state index in [-0.39, 0.29) is 30.2 Å². The number of piperazine rings is 1. The van der Waals surface area contributed by atoms with Gasteiger partial charge in [0, 0.05) is 19.5 Å². The van der Waals surface area contributed by atoms with Gasteiger partial charge in [0.25, 0.3) is 5.22 Å². The van der Waals surface area contributed by atoms with E-state index in [0.29, 0.717) is 28.4 Å². The highest BCUT2D eigenvalue weighted by Crippen LogP contribution is 2.28. The van der Waals surface area contributed by atoms with E-state index in [0.717, 1.165) is 0 Å². The Kier molecular flexibility index (Phi) is 5.29. The highest BCUT2D eigenvalue weighted by atomic mass is 35.5. The summed E-state index contributed by atoms with van der Waals surface area (Å²) in [6.45, 7) is 4.02. The van der Waals surface area contributed by atoms with Gasteiger partial charge in [-0.15, -0.1) is 10.2 Å². The number of amides is 2. The zero-order valence-corrected chi connectivity index (χ0v) is 15.4. The number of carbonyl (C=O) groups is 2. The van der Waals surface area contributed by atoms with E-state index in [1.807, 2.05) is 19.1 Å². The molecule has 0 unspecified atom stereocenters. The minimum Gasteiger partial charge on any atom is -0.416 e. The van der Waals surface area contributed by atoms with E-state index in [1.165, 1.54) is 11.8 Å². The van der Waals surface area contributed by atoms with E-state index >= 15 is 0 Å². The molecule has 1 fully saturated rings. The van der Waals surface area contributed by atoms with Gasteiger partial charge in [0.1, 0.15) is 6.54 Å². The number of thioether (sulfide) groups is 1. The van der Waals surface area contributed by atoms with Crippen LogP contribution in [-0.2, 0) is 9.59 Å². The molecule has 0 aliphatic carbocycles. The third-order valence-corrected chi connectivity index (χ3v) is 5.00. The molecule has 0 N–H and O–H groups in total. The topological polar surface area (TPSA) is 79.5 Å². The zero-order chi connectivity index (χ0) is 18.0. The van der Waals surface area contributed by atoms with E-state index in [4.69, 9.17) is 16.0 Å². The van der Waals surface area contributed by atoms with Crippen LogP contribution >= 0.6 is 23.4 Å². The molecule has 2 aromatic rings. The van der Waals surface area contributed by atoms with E-state index < -0.39 is 0 Å². The maximum Gasteiger partial charge on any atom is 0.277 e. The molecule has 0 spiro atoms. The van der Waals surface area contributed by atoms with Gasteiger partial charge in [0.05, 0.1) is 16.5 Å². The van der Waals surface area contributed by atoms with Crippen LogP contribution in [0.1, 0.15) is 12.8 Å². The van der Waals surface area contributed by atoms with Crippen LogP contribution in [0.15, 0.2) is 33.9 Å². The first-order chi connectivity index (χ1) is 12.0. The van der Waals surface area contributed by atoms with Gasteiger partial charge in [-0.05, 0) is 19.1 Å². The Morgan fingerprint density at radius 2 is 2.16 bits per heavy atom. The Labute approximate surface area is 154 Å². The minimum atomic E-state index is -0.154. The molecule has 1 aliphatic rings. The molecule has 0 radical (unpaired) electrons. The molecule has 1 aliphatic heterocycles. The largest absolute Gasteiger partial charge is 0.416 e. The zero-order valence-electron chi connectivity index (χ0n) is 13.8. The standard InChI is InChI=1S/C16H17ClN4O3S/c1-10-7-21(13-6-4-3-5-12(13)17)14(22)8-20(10)15(23)9-25-16-19-18-11(2)24-16/h3-6,10H,7-9H2,1-2H3/t10-/m1/s1. The summed E-state index contributed by atoms with van der Waals surface area (Å²) < 4.78 is 5.24. The van der Waals surface area contributed by atoms with Crippen molar-refractivity contribution in [3.05, 3.63) is 35.2 Å². The lowest BCUT2D eigenvalue weighted by Crippen LogP contribution is -2.57. The number of carbonyl (C=O) groups excluding carboxylic acids is 2. The Morgan fingerprint density at radius 1 is 1.40 bits per heavy atom. The molecule has 0 saturated carbocycles. The van der Waals surface area contributed by atoms with Crippen LogP contribution in [0.3, 0.4) is 0 Å². The fourth-order valence-corrected chi connectivity index (χ4v) is 3.56. The number of halogens is 1. The lowest BCUT2D eigenvalue weighted by Gasteiger charge is -2.39. The number of nitrogens with zero attached hydrogens (tertiary/aromatic N) is 4. The molecule has 3 rings (SSSR count). The van der Waals surface area contributed by atoms with Crippen LogP contribution in [0.4, 0.5) is 5.69 Å². The van der Waals surface area contributed by atoms with Crippen molar-refractivity contribution in [1.29, 1.82) is 0 Å². The minimum absolute atomic E-state index is 0.0225. The summed E-state index contributed by atoms with van der Waals surface area (Å²) >= 11 is 7.36. The van der Waals surface area contributed by atoms with Crippen molar-refractivity contribution < 1.29 is 14.0 Å². The van der Waals surface area contributed by atoms with Gasteiger partial charge in [-0.2, -0.15) is 0 Å². The SMILES string of the molecule is Cc1nnc(SCC(=O)N2CC(=O)N(c3ccccc3Cl)C[C@H]2C)o1. The fraction of sp³-hybridized carbons (Fsp3) is 0.375. The molecular formula is C16H17ClN4O3S. The predicted octanol–water partition coefficient (Wildman–Crippen LogP) is 2.39. The van der Waals surface area contributed by atoms with Gasteiger partial charge in [-0.25, -0.2) is 0 Å². The van der Waals surface area contributed by atoms with Crippen molar-refractivity contribution in [3.8, 4) is 0 Å². The molecule has 1 saturated heterocycles. The summed E-state index contributed by atoms with van der Waals surface area (Å²) in [7, 11) is 0. The van der Waals surface area contributed by atoms with Gasteiger partial charge in [-0.3, -0.25) is 9.59 Å². The molecule has 1 aromatic heterocycles. The van der Waals surface area contributed by atoms with Gasteiger partial charge in [0.2, 0.25) is 17.7 Å². The summed E-state index contributed by atoms with van der Waals surface area (Å²) in [5, 5.41) is 8.43. The Morgan fingerprint density at radius 3 is 2.84 bits per heavy atom. The average molecular weight is 381 g/mol. The van der Waals surface area contributed by atoms with E-state index in [2.05, 4.69) is 10.2 Å². The maximum absolute atomic E-state index is 12.5. The van der Waals surface area contributed by atoms with Crippen LogP contribution in [-0.4, -0.2) is 51.8 Å². The van der Waals surface area contributed by atoms with Crippen molar-refractivity contribution in [2.45, 2.75) is 25.1 Å². The number of para-hydroxylation sites is 1. The van der Waals surface area contributed by atoms with Gasteiger partial charge in [0.15, 0.2) is 0 Å². The second-order valence-electron chi connectivity index (χ2n) is 5.70. The molecule has 2 heterocycles. The van der Waals surface area contributed by atoms with Crippen LogP contribution in [0.2, 0.25) is 5.02 Å².